The number of aryl methyl sites for hydroxylation is 2. The normalized spacial score (nSPS) is 11.0. The van der Waals surface area contributed by atoms with E-state index in [2.05, 4.69) is 10.0 Å². The Bertz CT molecular complexity index is 1160. The minimum atomic E-state index is -3.79. The van der Waals surface area contributed by atoms with Crippen LogP contribution in [0.2, 0.25) is 0 Å². The molecule has 0 saturated carbocycles. The number of carbonyl (C=O) groups is 1. The van der Waals surface area contributed by atoms with E-state index in [1.54, 1.807) is 30.3 Å². The Morgan fingerprint density at radius 1 is 1.00 bits per heavy atom. The molecule has 0 aliphatic rings. The maximum atomic E-state index is 12.8. The standard InChI is InChI=1S/C23H24N2O4S/c1-4-17-8-5-7-16(2)22(17)24-23(26)18-9-6-10-19(15-18)25-30(27,28)21-13-11-20(29-3)12-14-21/h5-15,25H,4H2,1-3H3,(H,24,26). The van der Waals surface area contributed by atoms with E-state index >= 15 is 0 Å². The number of sulfonamides is 1. The van der Waals surface area contributed by atoms with Gasteiger partial charge in [-0.3, -0.25) is 9.52 Å². The molecule has 3 aromatic carbocycles. The second-order valence-electron chi connectivity index (χ2n) is 6.78. The van der Waals surface area contributed by atoms with Crippen molar-refractivity contribution in [3.05, 3.63) is 83.4 Å². The van der Waals surface area contributed by atoms with Crippen molar-refractivity contribution in [2.24, 2.45) is 0 Å². The number of methoxy groups -OCH3 is 1. The van der Waals surface area contributed by atoms with Crippen LogP contribution >= 0.6 is 0 Å². The zero-order chi connectivity index (χ0) is 21.7. The van der Waals surface area contributed by atoms with Crippen LogP contribution in [0.3, 0.4) is 0 Å². The lowest BCUT2D eigenvalue weighted by atomic mass is 10.1. The minimum absolute atomic E-state index is 0.102. The topological polar surface area (TPSA) is 84.5 Å². The van der Waals surface area contributed by atoms with Crippen LogP contribution in [0.15, 0.2) is 71.6 Å². The Kier molecular flexibility index (Phi) is 6.42. The Morgan fingerprint density at radius 3 is 2.37 bits per heavy atom. The Balaban J connectivity index is 1.81. The van der Waals surface area contributed by atoms with Crippen molar-refractivity contribution in [2.75, 3.05) is 17.1 Å². The van der Waals surface area contributed by atoms with Crippen molar-refractivity contribution in [3.8, 4) is 5.75 Å². The zero-order valence-corrected chi connectivity index (χ0v) is 17.9. The second kappa shape index (κ2) is 9.00. The number of anilines is 2. The number of benzene rings is 3. The van der Waals surface area contributed by atoms with Gasteiger partial charge < -0.3 is 10.1 Å². The molecule has 0 heterocycles. The van der Waals surface area contributed by atoms with Crippen LogP contribution in [-0.2, 0) is 16.4 Å². The predicted molar refractivity (Wildman–Crippen MR) is 119 cm³/mol. The molecule has 0 unspecified atom stereocenters. The van der Waals surface area contributed by atoms with Gasteiger partial charge >= 0.3 is 0 Å². The molecule has 2 N–H and O–H groups in total. The monoisotopic (exact) mass is 424 g/mol. The van der Waals surface area contributed by atoms with Crippen molar-refractivity contribution in [1.29, 1.82) is 0 Å². The first kappa shape index (κ1) is 21.4. The summed E-state index contributed by atoms with van der Waals surface area (Å²) in [4.78, 5) is 12.9. The average molecular weight is 425 g/mol. The smallest absolute Gasteiger partial charge is 0.261 e. The van der Waals surface area contributed by atoms with Gasteiger partial charge in [-0.15, -0.1) is 0 Å². The number of hydrogen-bond donors (Lipinski definition) is 2. The fraction of sp³-hybridized carbons (Fsp3) is 0.174. The summed E-state index contributed by atoms with van der Waals surface area (Å²) in [6.07, 6.45) is 0.791. The van der Waals surface area contributed by atoms with Gasteiger partial charge in [-0.1, -0.05) is 31.2 Å². The van der Waals surface area contributed by atoms with Crippen LogP contribution in [0.25, 0.3) is 0 Å². The molecule has 156 valence electrons. The molecule has 0 aliphatic carbocycles. The van der Waals surface area contributed by atoms with E-state index in [9.17, 15) is 13.2 Å². The second-order valence-corrected chi connectivity index (χ2v) is 8.46. The summed E-state index contributed by atoms with van der Waals surface area (Å²) >= 11 is 0. The molecule has 30 heavy (non-hydrogen) atoms. The molecule has 0 radical (unpaired) electrons. The highest BCUT2D eigenvalue weighted by Crippen LogP contribution is 2.23. The molecule has 7 heteroatoms. The number of hydrogen-bond acceptors (Lipinski definition) is 4. The van der Waals surface area contributed by atoms with E-state index in [1.165, 1.54) is 25.3 Å². The van der Waals surface area contributed by atoms with Crippen molar-refractivity contribution in [1.82, 2.24) is 0 Å². The van der Waals surface area contributed by atoms with Crippen LogP contribution < -0.4 is 14.8 Å². The fourth-order valence-electron chi connectivity index (χ4n) is 3.08. The summed E-state index contributed by atoms with van der Waals surface area (Å²) in [5.74, 6) is 0.264. The lowest BCUT2D eigenvalue weighted by Gasteiger charge is -2.14. The molecular formula is C23H24N2O4S. The molecule has 0 aliphatic heterocycles. The lowest BCUT2D eigenvalue weighted by Crippen LogP contribution is -2.16. The van der Waals surface area contributed by atoms with E-state index in [4.69, 9.17) is 4.74 Å². The average Bonchev–Trinajstić information content (AvgIpc) is 2.75. The summed E-state index contributed by atoms with van der Waals surface area (Å²) in [6, 6.07) is 18.3. The lowest BCUT2D eigenvalue weighted by molar-refractivity contribution is 0.102. The molecule has 0 aromatic heterocycles. The first-order valence-corrected chi connectivity index (χ1v) is 11.0. The maximum Gasteiger partial charge on any atom is 0.261 e. The number of amides is 1. The predicted octanol–water partition coefficient (Wildman–Crippen LogP) is 4.62. The van der Waals surface area contributed by atoms with Crippen molar-refractivity contribution < 1.29 is 17.9 Å². The van der Waals surface area contributed by atoms with Gasteiger partial charge in [0.05, 0.1) is 12.0 Å². The van der Waals surface area contributed by atoms with Crippen molar-refractivity contribution in [3.63, 3.8) is 0 Å². The molecule has 0 atom stereocenters. The highest BCUT2D eigenvalue weighted by atomic mass is 32.2. The summed E-state index contributed by atoms with van der Waals surface area (Å²) in [5, 5.41) is 2.95. The highest BCUT2D eigenvalue weighted by Gasteiger charge is 2.16. The first-order chi connectivity index (χ1) is 14.3. The number of para-hydroxylation sites is 1. The van der Waals surface area contributed by atoms with E-state index in [-0.39, 0.29) is 10.8 Å². The van der Waals surface area contributed by atoms with Gasteiger partial charge in [-0.2, -0.15) is 0 Å². The summed E-state index contributed by atoms with van der Waals surface area (Å²) < 4.78 is 32.9. The fourth-order valence-corrected chi connectivity index (χ4v) is 4.13. The first-order valence-electron chi connectivity index (χ1n) is 9.51. The van der Waals surface area contributed by atoms with Crippen LogP contribution in [0.4, 0.5) is 11.4 Å². The molecule has 3 rings (SSSR count). The maximum absolute atomic E-state index is 12.8. The number of carbonyl (C=O) groups excluding carboxylic acids is 1. The van der Waals surface area contributed by atoms with E-state index in [0.717, 1.165) is 23.2 Å². The van der Waals surface area contributed by atoms with Crippen LogP contribution in [0.5, 0.6) is 5.75 Å². The van der Waals surface area contributed by atoms with E-state index in [1.807, 2.05) is 32.0 Å². The SMILES string of the molecule is CCc1cccc(C)c1NC(=O)c1cccc(NS(=O)(=O)c2ccc(OC)cc2)c1. The Labute approximate surface area is 177 Å². The summed E-state index contributed by atoms with van der Waals surface area (Å²) in [7, 11) is -2.28. The van der Waals surface area contributed by atoms with Crippen LogP contribution in [-0.4, -0.2) is 21.4 Å². The third-order valence-corrected chi connectivity index (χ3v) is 6.12. The van der Waals surface area contributed by atoms with Crippen molar-refractivity contribution in [2.45, 2.75) is 25.2 Å². The quantitative estimate of drug-likeness (QED) is 0.580. The molecule has 3 aromatic rings. The molecule has 0 fully saturated rings. The number of nitrogens with one attached hydrogen (secondary N) is 2. The van der Waals surface area contributed by atoms with E-state index < -0.39 is 10.0 Å². The van der Waals surface area contributed by atoms with Gasteiger partial charge in [-0.25, -0.2) is 8.42 Å². The largest absolute Gasteiger partial charge is 0.497 e. The third kappa shape index (κ3) is 4.80. The van der Waals surface area contributed by atoms with Gasteiger partial charge in [0.25, 0.3) is 15.9 Å². The van der Waals surface area contributed by atoms with Crippen LogP contribution in [0, 0.1) is 6.92 Å². The van der Waals surface area contributed by atoms with Crippen molar-refractivity contribution >= 4 is 27.3 Å². The molecule has 0 saturated heterocycles. The molecule has 6 nitrogen and oxygen atoms in total. The number of rotatable bonds is 7. The molecular weight excluding hydrogens is 400 g/mol. The number of ether oxygens (including phenoxy) is 1. The van der Waals surface area contributed by atoms with Gasteiger partial charge in [-0.05, 0) is 66.9 Å². The van der Waals surface area contributed by atoms with Gasteiger partial charge in [0.1, 0.15) is 5.75 Å². The van der Waals surface area contributed by atoms with Crippen LogP contribution in [0.1, 0.15) is 28.4 Å². The molecule has 1 amide bonds. The summed E-state index contributed by atoms with van der Waals surface area (Å²) in [6.45, 7) is 3.97. The van der Waals surface area contributed by atoms with Gasteiger partial charge in [0, 0.05) is 16.9 Å². The molecule has 0 spiro atoms. The highest BCUT2D eigenvalue weighted by molar-refractivity contribution is 7.92. The minimum Gasteiger partial charge on any atom is -0.497 e. The van der Waals surface area contributed by atoms with Gasteiger partial charge in [0.15, 0.2) is 0 Å². The Hall–Kier alpha value is -3.32. The Morgan fingerprint density at radius 2 is 1.70 bits per heavy atom. The van der Waals surface area contributed by atoms with Gasteiger partial charge in [0.2, 0.25) is 0 Å². The molecule has 0 bridgehead atoms. The summed E-state index contributed by atoms with van der Waals surface area (Å²) in [5.41, 5.74) is 3.46. The zero-order valence-electron chi connectivity index (χ0n) is 17.1. The third-order valence-electron chi connectivity index (χ3n) is 4.73. The van der Waals surface area contributed by atoms with E-state index in [0.29, 0.717) is 17.0 Å².